The van der Waals surface area contributed by atoms with Crippen LogP contribution in [0.5, 0.6) is 0 Å². The highest BCUT2D eigenvalue weighted by Gasteiger charge is 2.09. The van der Waals surface area contributed by atoms with Crippen molar-refractivity contribution < 1.29 is 0 Å². The Bertz CT molecular complexity index is 119. The van der Waals surface area contributed by atoms with Gasteiger partial charge in [0, 0.05) is 27.2 Å². The first-order valence-corrected chi connectivity index (χ1v) is 3.53. The Morgan fingerprint density at radius 1 is 1.40 bits per heavy atom. The van der Waals surface area contributed by atoms with Gasteiger partial charge >= 0.3 is 0 Å². The lowest BCUT2D eigenvalue weighted by Gasteiger charge is -2.25. The van der Waals surface area contributed by atoms with Crippen LogP contribution in [0.2, 0.25) is 0 Å². The molecule has 0 radical (unpaired) electrons. The third-order valence-electron chi connectivity index (χ3n) is 1.85. The quantitative estimate of drug-likeness (QED) is 0.507. The van der Waals surface area contributed by atoms with Gasteiger partial charge in [-0.25, -0.2) is 0 Å². The average Bonchev–Trinajstić information content (AvgIpc) is 2.04. The van der Waals surface area contributed by atoms with Crippen LogP contribution in [0, 0.1) is 0 Å². The van der Waals surface area contributed by atoms with Gasteiger partial charge in [0.05, 0.1) is 12.5 Å². The molecule has 1 N–H and O–H groups in total. The number of nitrogens with one attached hydrogen (secondary N) is 1. The number of hydrogen-bond donors (Lipinski definition) is 1. The number of nitrogens with zero attached hydrogens (tertiary/aromatic N) is 2. The largest absolute Gasteiger partial charge is 0.361 e. The van der Waals surface area contributed by atoms with E-state index in [0.717, 1.165) is 25.6 Å². The first-order valence-electron chi connectivity index (χ1n) is 3.53. The van der Waals surface area contributed by atoms with Gasteiger partial charge in [-0.2, -0.15) is 0 Å². The molecule has 0 atom stereocenters. The van der Waals surface area contributed by atoms with E-state index >= 15 is 0 Å². The second-order valence-electron chi connectivity index (χ2n) is 2.69. The lowest BCUT2D eigenvalue weighted by atomic mass is 10.5. The molecule has 0 unspecified atom stereocenters. The Morgan fingerprint density at radius 3 is 2.80 bits per heavy atom. The Balaban J connectivity index is 2.55. The molecule has 3 heteroatoms. The maximum atomic E-state index is 3.95. The molecule has 58 valence electrons. The molecule has 3 nitrogen and oxygen atoms in total. The van der Waals surface area contributed by atoms with Crippen molar-refractivity contribution in [1.82, 2.24) is 15.1 Å². The molecule has 0 spiro atoms. The molecule has 1 rings (SSSR count). The van der Waals surface area contributed by atoms with Crippen molar-refractivity contribution in [3.63, 3.8) is 0 Å². The fourth-order valence-electron chi connectivity index (χ4n) is 1.01. The Labute approximate surface area is 62.3 Å². The van der Waals surface area contributed by atoms with Gasteiger partial charge in [-0.1, -0.05) is 6.58 Å². The molecular formula is C7H15N3. The van der Waals surface area contributed by atoms with Gasteiger partial charge in [0.1, 0.15) is 0 Å². The number of rotatable bonds is 0. The first-order chi connectivity index (χ1) is 4.72. The molecule has 1 saturated heterocycles. The van der Waals surface area contributed by atoms with Crippen molar-refractivity contribution in [2.75, 3.05) is 33.9 Å². The highest BCUT2D eigenvalue weighted by atomic mass is 15.4. The van der Waals surface area contributed by atoms with Crippen LogP contribution < -0.4 is 5.32 Å². The van der Waals surface area contributed by atoms with Crippen LogP contribution >= 0.6 is 0 Å². The molecule has 0 saturated carbocycles. The molecular weight excluding hydrogens is 126 g/mol. The van der Waals surface area contributed by atoms with Crippen molar-refractivity contribution in [3.05, 3.63) is 12.4 Å². The van der Waals surface area contributed by atoms with E-state index in [9.17, 15) is 0 Å². The van der Waals surface area contributed by atoms with E-state index in [1.807, 2.05) is 7.05 Å². The van der Waals surface area contributed by atoms with Gasteiger partial charge in [0.25, 0.3) is 0 Å². The third kappa shape index (κ3) is 1.42. The van der Waals surface area contributed by atoms with Crippen molar-refractivity contribution in [2.45, 2.75) is 0 Å². The van der Waals surface area contributed by atoms with Crippen LogP contribution in [-0.2, 0) is 0 Å². The van der Waals surface area contributed by atoms with E-state index in [0.29, 0.717) is 0 Å². The highest BCUT2D eigenvalue weighted by Crippen LogP contribution is 2.03. The molecule has 0 bridgehead atoms. The maximum absolute atomic E-state index is 3.95. The van der Waals surface area contributed by atoms with E-state index in [2.05, 4.69) is 28.7 Å². The summed E-state index contributed by atoms with van der Waals surface area (Å²) in [6.07, 6.45) is 0. The predicted octanol–water partition coefficient (Wildman–Crippen LogP) is -0.118. The fourth-order valence-corrected chi connectivity index (χ4v) is 1.01. The predicted molar refractivity (Wildman–Crippen MR) is 42.4 cm³/mol. The summed E-state index contributed by atoms with van der Waals surface area (Å²) in [6, 6.07) is 0. The standard InChI is InChI=1S/C7H15N3/c1-7-9(2)5-4-8-6-10(7)3/h8H,1,4-6H2,2-3H3. The maximum Gasteiger partial charge on any atom is 0.0970 e. The summed E-state index contributed by atoms with van der Waals surface area (Å²) in [6.45, 7) is 6.94. The van der Waals surface area contributed by atoms with Gasteiger partial charge < -0.3 is 9.80 Å². The van der Waals surface area contributed by atoms with Gasteiger partial charge in [-0.05, 0) is 0 Å². The van der Waals surface area contributed by atoms with Crippen molar-refractivity contribution in [1.29, 1.82) is 0 Å². The molecule has 1 heterocycles. The Morgan fingerprint density at radius 2 is 2.10 bits per heavy atom. The minimum Gasteiger partial charge on any atom is -0.361 e. The summed E-state index contributed by atoms with van der Waals surface area (Å²) in [4.78, 5) is 4.26. The Kier molecular flexibility index (Phi) is 2.17. The summed E-state index contributed by atoms with van der Waals surface area (Å²) in [5.41, 5.74) is 0. The van der Waals surface area contributed by atoms with Crippen molar-refractivity contribution in [3.8, 4) is 0 Å². The molecule has 1 aliphatic rings. The van der Waals surface area contributed by atoms with Gasteiger partial charge in [0.15, 0.2) is 0 Å². The molecule has 0 aromatic heterocycles. The van der Waals surface area contributed by atoms with E-state index in [1.165, 1.54) is 0 Å². The summed E-state index contributed by atoms with van der Waals surface area (Å²) in [7, 11) is 4.10. The van der Waals surface area contributed by atoms with Crippen molar-refractivity contribution >= 4 is 0 Å². The minimum absolute atomic E-state index is 0.906. The summed E-state index contributed by atoms with van der Waals surface area (Å²) >= 11 is 0. The van der Waals surface area contributed by atoms with Crippen LogP contribution in [0.3, 0.4) is 0 Å². The summed E-state index contributed by atoms with van der Waals surface area (Å²) in [5.74, 6) is 1.09. The zero-order chi connectivity index (χ0) is 7.56. The molecule has 0 aromatic carbocycles. The van der Waals surface area contributed by atoms with E-state index in [4.69, 9.17) is 0 Å². The zero-order valence-electron chi connectivity index (χ0n) is 6.72. The van der Waals surface area contributed by atoms with E-state index < -0.39 is 0 Å². The van der Waals surface area contributed by atoms with Gasteiger partial charge in [-0.3, -0.25) is 5.32 Å². The van der Waals surface area contributed by atoms with Crippen LogP contribution in [-0.4, -0.2) is 43.7 Å². The second kappa shape index (κ2) is 2.92. The topological polar surface area (TPSA) is 18.5 Å². The third-order valence-corrected chi connectivity index (χ3v) is 1.85. The second-order valence-corrected chi connectivity index (χ2v) is 2.69. The molecule has 0 aliphatic carbocycles. The lowest BCUT2D eigenvalue weighted by molar-refractivity contribution is 0.304. The lowest BCUT2D eigenvalue weighted by Crippen LogP contribution is -2.29. The number of hydrogen-bond acceptors (Lipinski definition) is 3. The Hall–Kier alpha value is -0.700. The SMILES string of the molecule is C=C1N(C)CCNCN1C. The minimum atomic E-state index is 0.906. The number of likely N-dealkylation sites (N-methyl/N-ethyl adjacent to an activating group) is 1. The molecule has 1 aliphatic heterocycles. The van der Waals surface area contributed by atoms with E-state index in [1.54, 1.807) is 0 Å². The van der Waals surface area contributed by atoms with Gasteiger partial charge in [0.2, 0.25) is 0 Å². The van der Waals surface area contributed by atoms with Crippen molar-refractivity contribution in [2.24, 2.45) is 0 Å². The van der Waals surface area contributed by atoms with Crippen LogP contribution in [0.4, 0.5) is 0 Å². The fraction of sp³-hybridized carbons (Fsp3) is 0.714. The average molecular weight is 141 g/mol. The molecule has 10 heavy (non-hydrogen) atoms. The van der Waals surface area contributed by atoms with Gasteiger partial charge in [-0.15, -0.1) is 0 Å². The van der Waals surface area contributed by atoms with Crippen LogP contribution in [0.1, 0.15) is 0 Å². The normalized spacial score (nSPS) is 21.2. The smallest absolute Gasteiger partial charge is 0.0970 e. The highest BCUT2D eigenvalue weighted by molar-refractivity contribution is 4.92. The van der Waals surface area contributed by atoms with E-state index in [-0.39, 0.29) is 0 Å². The summed E-state index contributed by atoms with van der Waals surface area (Å²) < 4.78 is 0. The summed E-state index contributed by atoms with van der Waals surface area (Å²) in [5, 5.41) is 3.28. The van der Waals surface area contributed by atoms with Crippen LogP contribution in [0.15, 0.2) is 12.4 Å². The zero-order valence-corrected chi connectivity index (χ0v) is 6.72. The van der Waals surface area contributed by atoms with Crippen LogP contribution in [0.25, 0.3) is 0 Å². The first kappa shape index (κ1) is 7.41. The monoisotopic (exact) mass is 141 g/mol. The molecule has 0 aromatic rings. The molecule has 1 fully saturated rings. The molecule has 0 amide bonds.